The topological polar surface area (TPSA) is 140 Å². The van der Waals surface area contributed by atoms with Gasteiger partial charge in [-0.2, -0.15) is 10.4 Å². The lowest BCUT2D eigenvalue weighted by Gasteiger charge is -2.12. The summed E-state index contributed by atoms with van der Waals surface area (Å²) in [5.41, 5.74) is 1.03. The van der Waals surface area contributed by atoms with Gasteiger partial charge in [0.15, 0.2) is 17.3 Å². The van der Waals surface area contributed by atoms with E-state index in [0.717, 1.165) is 0 Å². The lowest BCUT2D eigenvalue weighted by molar-refractivity contribution is -0.384. The molecule has 0 bridgehead atoms. The third-order valence-corrected chi connectivity index (χ3v) is 4.20. The van der Waals surface area contributed by atoms with Gasteiger partial charge in [0.25, 0.3) is 5.69 Å². The maximum atomic E-state index is 12.0. The number of pyridine rings is 2. The minimum Gasteiger partial charge on any atom is -0.333 e. The first-order valence-electron chi connectivity index (χ1n) is 7.86. The predicted octanol–water partition coefficient (Wildman–Crippen LogP) is 3.46. The molecule has 0 saturated heterocycles. The summed E-state index contributed by atoms with van der Waals surface area (Å²) in [6.45, 7) is 3.12. The van der Waals surface area contributed by atoms with E-state index < -0.39 is 4.92 Å². The van der Waals surface area contributed by atoms with E-state index in [9.17, 15) is 14.9 Å². The van der Waals surface area contributed by atoms with Gasteiger partial charge >= 0.3 is 0 Å². The average Bonchev–Trinajstić information content (AvgIpc) is 3.03. The Morgan fingerprint density at radius 1 is 1.39 bits per heavy atom. The molecule has 3 aromatic rings. The Labute approximate surface area is 167 Å². The molecule has 0 aliphatic heterocycles. The van der Waals surface area contributed by atoms with Gasteiger partial charge in [-0.3, -0.25) is 14.9 Å². The number of aryl methyl sites for hydroxylation is 1. The fourth-order valence-electron chi connectivity index (χ4n) is 2.50. The van der Waals surface area contributed by atoms with Crippen LogP contribution in [0.15, 0.2) is 35.1 Å². The van der Waals surface area contributed by atoms with Crippen molar-refractivity contribution in [2.75, 3.05) is 5.32 Å². The fraction of sp³-hybridized carbons (Fsp3) is 0.118. The second-order valence-corrected chi connectivity index (χ2v) is 6.54. The summed E-state index contributed by atoms with van der Waals surface area (Å²) in [5, 5.41) is 27.3. The van der Waals surface area contributed by atoms with E-state index in [-0.39, 0.29) is 34.5 Å². The summed E-state index contributed by atoms with van der Waals surface area (Å²) < 4.78 is 1.70. The van der Waals surface area contributed by atoms with Gasteiger partial charge in [-0.05, 0) is 48.0 Å². The summed E-state index contributed by atoms with van der Waals surface area (Å²) in [6, 6.07) is 7.83. The highest BCUT2D eigenvalue weighted by Crippen LogP contribution is 2.29. The van der Waals surface area contributed by atoms with Crippen LogP contribution in [0.4, 0.5) is 17.2 Å². The van der Waals surface area contributed by atoms with Gasteiger partial charge in [0.1, 0.15) is 22.2 Å². The van der Waals surface area contributed by atoms with Gasteiger partial charge in [-0.1, -0.05) is 0 Å². The van der Waals surface area contributed by atoms with E-state index >= 15 is 0 Å². The number of nitrogens with zero attached hydrogens (tertiary/aromatic N) is 6. The van der Waals surface area contributed by atoms with E-state index in [1.807, 2.05) is 6.07 Å². The molecule has 0 amide bonds. The van der Waals surface area contributed by atoms with Crippen molar-refractivity contribution < 1.29 is 9.72 Å². The number of aromatic nitrogens is 4. The molecule has 28 heavy (non-hydrogen) atoms. The van der Waals surface area contributed by atoms with E-state index in [1.165, 1.54) is 36.0 Å². The highest BCUT2D eigenvalue weighted by molar-refractivity contribution is 9.10. The molecule has 0 saturated carbocycles. The maximum absolute atomic E-state index is 12.0. The van der Waals surface area contributed by atoms with Crippen LogP contribution in [0, 0.1) is 28.4 Å². The number of rotatable bonds is 5. The molecule has 3 heterocycles. The molecule has 0 aromatic carbocycles. The molecule has 140 valence electrons. The lowest BCUT2D eigenvalue weighted by atomic mass is 10.2. The monoisotopic (exact) mass is 441 g/mol. The molecular formula is C17H12BrN7O3. The van der Waals surface area contributed by atoms with Crippen molar-refractivity contribution in [2.45, 2.75) is 13.8 Å². The Morgan fingerprint density at radius 3 is 2.75 bits per heavy atom. The van der Waals surface area contributed by atoms with Crippen LogP contribution in [0.1, 0.15) is 28.7 Å². The number of hydrogen-bond acceptors (Lipinski definition) is 8. The van der Waals surface area contributed by atoms with Crippen LogP contribution in [0.2, 0.25) is 0 Å². The molecule has 0 aliphatic carbocycles. The van der Waals surface area contributed by atoms with Crippen LogP contribution in [-0.4, -0.2) is 30.5 Å². The van der Waals surface area contributed by atoms with Gasteiger partial charge in [0, 0.05) is 5.69 Å². The number of nitriles is 1. The van der Waals surface area contributed by atoms with Crippen molar-refractivity contribution in [3.63, 3.8) is 0 Å². The van der Waals surface area contributed by atoms with E-state index in [4.69, 9.17) is 5.26 Å². The first-order chi connectivity index (χ1) is 13.3. The molecule has 11 heteroatoms. The zero-order valence-corrected chi connectivity index (χ0v) is 16.3. The third-order valence-electron chi connectivity index (χ3n) is 3.77. The molecular weight excluding hydrogens is 430 g/mol. The summed E-state index contributed by atoms with van der Waals surface area (Å²) in [4.78, 5) is 31.1. The zero-order chi connectivity index (χ0) is 20.4. The van der Waals surface area contributed by atoms with Gasteiger partial charge in [0.05, 0.1) is 22.7 Å². The first kappa shape index (κ1) is 19.1. The van der Waals surface area contributed by atoms with Crippen LogP contribution >= 0.6 is 15.9 Å². The Bertz CT molecular complexity index is 1150. The van der Waals surface area contributed by atoms with Crippen molar-refractivity contribution in [1.82, 2.24) is 19.7 Å². The SMILES string of the molecule is CC(=O)c1ccc(Nc2cnc(Br)cc2[N+](=O)[O-])nc1-n1nc(C#N)cc1C. The molecule has 0 unspecified atom stereocenters. The Hall–Kier alpha value is -3.65. The molecule has 3 rings (SSSR count). The van der Waals surface area contributed by atoms with E-state index in [0.29, 0.717) is 15.9 Å². The molecule has 0 spiro atoms. The minimum absolute atomic E-state index is 0.136. The number of carbonyl (C=O) groups excluding carboxylic acids is 1. The number of Topliss-reactive ketones (excluding diaryl/α,β-unsaturated/α-hetero) is 1. The molecule has 0 radical (unpaired) electrons. The Morgan fingerprint density at radius 2 is 2.14 bits per heavy atom. The van der Waals surface area contributed by atoms with Gasteiger partial charge < -0.3 is 5.32 Å². The smallest absolute Gasteiger partial charge is 0.297 e. The third kappa shape index (κ3) is 3.72. The van der Waals surface area contributed by atoms with Crippen LogP contribution in [0.5, 0.6) is 0 Å². The summed E-state index contributed by atoms with van der Waals surface area (Å²) >= 11 is 3.10. The van der Waals surface area contributed by atoms with Crippen LogP contribution in [-0.2, 0) is 0 Å². The first-order valence-corrected chi connectivity index (χ1v) is 8.65. The standard InChI is InChI=1S/C17H12BrN7O3/c1-9-5-11(7-19)23-24(9)17-12(10(2)26)3-4-16(22-17)21-13-8-20-15(18)6-14(13)25(27)28/h3-6,8H,1-2H3,(H,21,22). The normalized spacial score (nSPS) is 10.4. The number of hydrogen-bond donors (Lipinski definition) is 1. The highest BCUT2D eigenvalue weighted by atomic mass is 79.9. The summed E-state index contributed by atoms with van der Waals surface area (Å²) in [6.07, 6.45) is 1.30. The number of halogens is 1. The van der Waals surface area contributed by atoms with Crippen molar-refractivity contribution in [1.29, 1.82) is 5.26 Å². The molecule has 3 aromatic heterocycles. The summed E-state index contributed by atoms with van der Waals surface area (Å²) in [5.74, 6) is 0.226. The molecule has 0 fully saturated rings. The number of carbonyl (C=O) groups is 1. The highest BCUT2D eigenvalue weighted by Gasteiger charge is 2.19. The van der Waals surface area contributed by atoms with Gasteiger partial charge in [-0.15, -0.1) is 0 Å². The fourth-order valence-corrected chi connectivity index (χ4v) is 2.82. The van der Waals surface area contributed by atoms with Crippen LogP contribution in [0.3, 0.4) is 0 Å². The van der Waals surface area contributed by atoms with E-state index in [2.05, 4.69) is 36.3 Å². The van der Waals surface area contributed by atoms with Crippen molar-refractivity contribution in [3.05, 3.63) is 62.1 Å². The average molecular weight is 442 g/mol. The quantitative estimate of drug-likeness (QED) is 0.274. The number of ketones is 1. The summed E-state index contributed by atoms with van der Waals surface area (Å²) in [7, 11) is 0. The van der Waals surface area contributed by atoms with Gasteiger partial charge in [-0.25, -0.2) is 14.6 Å². The van der Waals surface area contributed by atoms with Crippen LogP contribution < -0.4 is 5.32 Å². The number of nitro groups is 1. The molecule has 0 atom stereocenters. The second kappa shape index (κ2) is 7.53. The van der Waals surface area contributed by atoms with Crippen molar-refractivity contribution in [3.8, 4) is 11.9 Å². The Kier molecular flexibility index (Phi) is 5.14. The molecule has 10 nitrogen and oxygen atoms in total. The predicted molar refractivity (Wildman–Crippen MR) is 103 cm³/mol. The minimum atomic E-state index is -0.545. The Balaban J connectivity index is 2.10. The van der Waals surface area contributed by atoms with Crippen LogP contribution in [0.25, 0.3) is 5.82 Å². The van der Waals surface area contributed by atoms with Crippen molar-refractivity contribution >= 4 is 38.9 Å². The lowest BCUT2D eigenvalue weighted by Crippen LogP contribution is -2.11. The zero-order valence-electron chi connectivity index (χ0n) is 14.7. The largest absolute Gasteiger partial charge is 0.333 e. The van der Waals surface area contributed by atoms with E-state index in [1.54, 1.807) is 13.0 Å². The molecule has 1 N–H and O–H groups in total. The number of anilines is 2. The van der Waals surface area contributed by atoms with Crippen molar-refractivity contribution in [2.24, 2.45) is 0 Å². The maximum Gasteiger partial charge on any atom is 0.297 e. The molecule has 0 aliphatic rings. The van der Waals surface area contributed by atoms with Gasteiger partial charge in [0.2, 0.25) is 0 Å². The number of nitrogens with one attached hydrogen (secondary N) is 1. The second-order valence-electron chi connectivity index (χ2n) is 5.72.